The molecule has 4 atom stereocenters. The van der Waals surface area contributed by atoms with Gasteiger partial charge in [0, 0.05) is 12.3 Å². The lowest BCUT2D eigenvalue weighted by Crippen LogP contribution is -2.39. The van der Waals surface area contributed by atoms with Crippen LogP contribution >= 0.6 is 0 Å². The Kier molecular flexibility index (Phi) is 3.37. The zero-order valence-corrected chi connectivity index (χ0v) is 10.4. The fourth-order valence-electron chi connectivity index (χ4n) is 3.29. The molecule has 3 N–H and O–H groups in total. The molecule has 4 nitrogen and oxygen atoms in total. The van der Waals surface area contributed by atoms with Crippen LogP contribution < -0.4 is 0 Å². The van der Waals surface area contributed by atoms with E-state index in [2.05, 4.69) is 20.8 Å². The Labute approximate surface area is 96.3 Å². The van der Waals surface area contributed by atoms with E-state index in [1.807, 2.05) is 0 Å². The third kappa shape index (κ3) is 1.74. The largest absolute Gasteiger partial charge is 0.481 e. The number of aliphatic carboxylic acids is 1. The van der Waals surface area contributed by atoms with Gasteiger partial charge in [0.05, 0.1) is 12.2 Å². The van der Waals surface area contributed by atoms with E-state index in [-0.39, 0.29) is 10.8 Å². The van der Waals surface area contributed by atoms with Crippen molar-refractivity contribution in [2.24, 2.45) is 16.7 Å². The summed E-state index contributed by atoms with van der Waals surface area (Å²) in [5.41, 5.74) is 0.0446. The molecule has 0 saturated heterocycles. The summed E-state index contributed by atoms with van der Waals surface area (Å²) in [6.07, 6.45) is 1.13. The topological polar surface area (TPSA) is 77.8 Å². The fourth-order valence-corrected chi connectivity index (χ4v) is 3.29. The first-order chi connectivity index (χ1) is 7.14. The maximum absolute atomic E-state index is 9.83. The van der Waals surface area contributed by atoms with Gasteiger partial charge in [0.25, 0.3) is 5.97 Å². The van der Waals surface area contributed by atoms with Crippen LogP contribution in [0.3, 0.4) is 0 Å². The zero-order chi connectivity index (χ0) is 12.7. The van der Waals surface area contributed by atoms with E-state index >= 15 is 0 Å². The second-order valence-electron chi connectivity index (χ2n) is 5.74. The van der Waals surface area contributed by atoms with Crippen molar-refractivity contribution in [2.45, 2.75) is 52.7 Å². The van der Waals surface area contributed by atoms with Gasteiger partial charge in [-0.15, -0.1) is 0 Å². The molecule has 2 aliphatic rings. The molecule has 94 valence electrons. The monoisotopic (exact) mass is 230 g/mol. The molecule has 4 unspecified atom stereocenters. The Bertz CT molecular complexity index is 283. The lowest BCUT2D eigenvalue weighted by atomic mass is 9.70. The van der Waals surface area contributed by atoms with Crippen molar-refractivity contribution >= 4 is 5.97 Å². The van der Waals surface area contributed by atoms with Crippen LogP contribution in [0.25, 0.3) is 0 Å². The minimum atomic E-state index is -0.833. The van der Waals surface area contributed by atoms with Crippen LogP contribution in [0.1, 0.15) is 40.5 Å². The molecule has 2 fully saturated rings. The first-order valence-electron chi connectivity index (χ1n) is 5.70. The Hall–Kier alpha value is -0.610. The molecule has 2 rings (SSSR count). The highest BCUT2D eigenvalue weighted by atomic mass is 16.4. The summed E-state index contributed by atoms with van der Waals surface area (Å²) in [7, 11) is 0. The van der Waals surface area contributed by atoms with Crippen molar-refractivity contribution < 1.29 is 20.1 Å². The number of carboxylic acids is 1. The molecule has 4 heteroatoms. The number of hydrogen-bond acceptors (Lipinski definition) is 3. The Morgan fingerprint density at radius 1 is 1.25 bits per heavy atom. The van der Waals surface area contributed by atoms with Crippen LogP contribution in [0.4, 0.5) is 0 Å². The fraction of sp³-hybridized carbons (Fsp3) is 0.917. The third-order valence-corrected chi connectivity index (χ3v) is 4.76. The Morgan fingerprint density at radius 2 is 1.69 bits per heavy atom. The maximum atomic E-state index is 9.83. The van der Waals surface area contributed by atoms with Crippen molar-refractivity contribution in [3.8, 4) is 0 Å². The zero-order valence-electron chi connectivity index (χ0n) is 10.4. The van der Waals surface area contributed by atoms with Gasteiger partial charge in [-0.05, 0) is 24.2 Å². The van der Waals surface area contributed by atoms with E-state index in [0.717, 1.165) is 19.8 Å². The molecular weight excluding hydrogens is 208 g/mol. The van der Waals surface area contributed by atoms with Crippen molar-refractivity contribution in [3.63, 3.8) is 0 Å². The standard InChI is InChI=1S/C10H18O2.C2H4O2/c1-9(2)6-4-5-10(9,3)8(12)7(6)11;1-2(3)4/h6-8,11-12H,4-5H2,1-3H3;1H3,(H,3,4). The molecule has 0 amide bonds. The predicted octanol–water partition coefficient (Wildman–Crippen LogP) is 1.26. The molecule has 0 heterocycles. The molecule has 0 aromatic heterocycles. The van der Waals surface area contributed by atoms with E-state index in [4.69, 9.17) is 9.90 Å². The van der Waals surface area contributed by atoms with Gasteiger partial charge in [-0.25, -0.2) is 0 Å². The third-order valence-electron chi connectivity index (χ3n) is 4.76. The minimum Gasteiger partial charge on any atom is -0.481 e. The predicted molar refractivity (Wildman–Crippen MR) is 59.9 cm³/mol. The number of carbonyl (C=O) groups is 1. The molecule has 0 aliphatic heterocycles. The van der Waals surface area contributed by atoms with Crippen molar-refractivity contribution in [1.29, 1.82) is 0 Å². The highest BCUT2D eigenvalue weighted by Gasteiger charge is 2.65. The second kappa shape index (κ2) is 4.00. The van der Waals surface area contributed by atoms with E-state index in [9.17, 15) is 10.2 Å². The van der Waals surface area contributed by atoms with Crippen LogP contribution in [0.2, 0.25) is 0 Å². The van der Waals surface area contributed by atoms with Gasteiger partial charge >= 0.3 is 0 Å². The van der Waals surface area contributed by atoms with Crippen LogP contribution in [0.15, 0.2) is 0 Å². The normalized spacial score (nSPS) is 43.8. The lowest BCUT2D eigenvalue weighted by Gasteiger charge is -2.36. The summed E-state index contributed by atoms with van der Waals surface area (Å²) >= 11 is 0. The number of carboxylic acid groups (broad SMARTS) is 1. The van der Waals surface area contributed by atoms with Crippen molar-refractivity contribution in [1.82, 2.24) is 0 Å². The summed E-state index contributed by atoms with van der Waals surface area (Å²) < 4.78 is 0. The Morgan fingerprint density at radius 3 is 1.88 bits per heavy atom. The quantitative estimate of drug-likeness (QED) is 0.585. The number of fused-ring (bicyclic) bond motifs is 2. The first-order valence-corrected chi connectivity index (χ1v) is 5.70. The summed E-state index contributed by atoms with van der Waals surface area (Å²) in [5.74, 6) is -0.530. The minimum absolute atomic E-state index is 0.0584. The first kappa shape index (κ1) is 13.5. The second-order valence-corrected chi connectivity index (χ2v) is 5.74. The summed E-state index contributed by atoms with van der Waals surface area (Å²) in [6.45, 7) is 7.53. The number of aliphatic hydroxyl groups excluding tert-OH is 2. The van der Waals surface area contributed by atoms with Gasteiger partial charge in [-0.1, -0.05) is 20.8 Å². The van der Waals surface area contributed by atoms with E-state index in [1.54, 1.807) is 0 Å². The lowest BCUT2D eigenvalue weighted by molar-refractivity contribution is -0.134. The number of aliphatic hydroxyl groups is 2. The number of rotatable bonds is 0. The van der Waals surface area contributed by atoms with Gasteiger partial charge in [-0.2, -0.15) is 0 Å². The molecule has 0 spiro atoms. The molecular formula is C12H22O4. The molecule has 0 aromatic rings. The molecule has 2 saturated carbocycles. The Balaban J connectivity index is 0.000000280. The van der Waals surface area contributed by atoms with Gasteiger partial charge in [0.1, 0.15) is 0 Å². The highest BCUT2D eigenvalue weighted by molar-refractivity contribution is 5.62. The molecule has 16 heavy (non-hydrogen) atoms. The summed E-state index contributed by atoms with van der Waals surface area (Å²) in [4.78, 5) is 9.00. The molecule has 2 bridgehead atoms. The van der Waals surface area contributed by atoms with Crippen LogP contribution in [0.5, 0.6) is 0 Å². The maximum Gasteiger partial charge on any atom is 0.300 e. The molecule has 0 radical (unpaired) electrons. The SMILES string of the molecule is CC(=O)O.CC1(C)C2CCC1(C)C(O)C2O. The average Bonchev–Trinajstić information content (AvgIpc) is 2.40. The van der Waals surface area contributed by atoms with Gasteiger partial charge < -0.3 is 15.3 Å². The van der Waals surface area contributed by atoms with Crippen molar-refractivity contribution in [2.75, 3.05) is 0 Å². The summed E-state index contributed by atoms with van der Waals surface area (Å²) in [6, 6.07) is 0. The number of hydrogen-bond donors (Lipinski definition) is 3. The van der Waals surface area contributed by atoms with E-state index < -0.39 is 18.2 Å². The van der Waals surface area contributed by atoms with Gasteiger partial charge in [0.15, 0.2) is 0 Å². The van der Waals surface area contributed by atoms with Crippen LogP contribution in [0, 0.1) is 16.7 Å². The van der Waals surface area contributed by atoms with Crippen LogP contribution in [-0.2, 0) is 4.79 Å². The van der Waals surface area contributed by atoms with Gasteiger partial charge in [0.2, 0.25) is 0 Å². The van der Waals surface area contributed by atoms with E-state index in [1.165, 1.54) is 0 Å². The van der Waals surface area contributed by atoms with E-state index in [0.29, 0.717) is 5.92 Å². The van der Waals surface area contributed by atoms with Crippen molar-refractivity contribution in [3.05, 3.63) is 0 Å². The molecule has 2 aliphatic carbocycles. The smallest absolute Gasteiger partial charge is 0.300 e. The highest BCUT2D eigenvalue weighted by Crippen LogP contribution is 2.65. The van der Waals surface area contributed by atoms with Crippen LogP contribution in [-0.4, -0.2) is 33.5 Å². The average molecular weight is 230 g/mol. The summed E-state index contributed by atoms with van der Waals surface area (Å²) in [5, 5.41) is 27.0. The molecule has 0 aromatic carbocycles. The van der Waals surface area contributed by atoms with Gasteiger partial charge in [-0.3, -0.25) is 4.79 Å².